The van der Waals surface area contributed by atoms with Crippen molar-refractivity contribution in [2.24, 2.45) is 0 Å². The van der Waals surface area contributed by atoms with E-state index in [2.05, 4.69) is 25.2 Å². The van der Waals surface area contributed by atoms with Crippen LogP contribution in [0.1, 0.15) is 76.3 Å². The second-order valence-corrected chi connectivity index (χ2v) is 11.2. The largest absolute Gasteiger partial charge is 0.496 e. The molecule has 3 aromatic rings. The first kappa shape index (κ1) is 27.1. The number of hydrogen-bond donors (Lipinski definition) is 1. The van der Waals surface area contributed by atoms with Crippen molar-refractivity contribution in [1.29, 1.82) is 0 Å². The maximum absolute atomic E-state index is 13.1. The standard InChI is InChI=1S/C30H33ClN2O3S/c1-18(2)25-15-26(19(3)14-27(25)36-5)20(4)32-29(35)22-8-10-23(11-9-22)30-33(28(34)17-37-30)16-21-6-12-24(31)13-7-21/h6-15,18,20,30H,16-17H2,1-5H3,(H,32,35)/t20-,30+/m1/s1. The molecule has 0 aliphatic carbocycles. The van der Waals surface area contributed by atoms with Gasteiger partial charge in [-0.15, -0.1) is 11.8 Å². The summed E-state index contributed by atoms with van der Waals surface area (Å²) < 4.78 is 5.56. The molecule has 1 fully saturated rings. The molecule has 2 atom stereocenters. The lowest BCUT2D eigenvalue weighted by Crippen LogP contribution is -2.28. The van der Waals surface area contributed by atoms with Gasteiger partial charge in [0.1, 0.15) is 11.1 Å². The van der Waals surface area contributed by atoms with E-state index in [0.717, 1.165) is 33.6 Å². The van der Waals surface area contributed by atoms with Crippen LogP contribution in [0.2, 0.25) is 5.02 Å². The van der Waals surface area contributed by atoms with Crippen molar-refractivity contribution in [2.75, 3.05) is 12.9 Å². The highest BCUT2D eigenvalue weighted by molar-refractivity contribution is 8.00. The van der Waals surface area contributed by atoms with Crippen molar-refractivity contribution in [3.63, 3.8) is 0 Å². The van der Waals surface area contributed by atoms with E-state index >= 15 is 0 Å². The van der Waals surface area contributed by atoms with Crippen LogP contribution >= 0.6 is 23.4 Å². The van der Waals surface area contributed by atoms with Crippen molar-refractivity contribution in [3.05, 3.63) is 99.1 Å². The van der Waals surface area contributed by atoms with Gasteiger partial charge in [0.15, 0.2) is 0 Å². The SMILES string of the molecule is COc1cc(C)c([C@@H](C)NC(=O)c2ccc([C@@H]3SCC(=O)N3Cc3ccc(Cl)cc3)cc2)cc1C(C)C. The van der Waals surface area contributed by atoms with Crippen LogP contribution in [0.5, 0.6) is 5.75 Å². The number of thioether (sulfide) groups is 1. The maximum atomic E-state index is 13.1. The Morgan fingerprint density at radius 2 is 1.76 bits per heavy atom. The molecule has 3 aromatic carbocycles. The summed E-state index contributed by atoms with van der Waals surface area (Å²) in [6.45, 7) is 8.83. The average molecular weight is 537 g/mol. The van der Waals surface area contributed by atoms with Crippen molar-refractivity contribution in [3.8, 4) is 5.75 Å². The number of ether oxygens (including phenoxy) is 1. The number of halogens is 1. The molecule has 37 heavy (non-hydrogen) atoms. The molecule has 7 heteroatoms. The third kappa shape index (κ3) is 6.13. The Morgan fingerprint density at radius 1 is 1.08 bits per heavy atom. The summed E-state index contributed by atoms with van der Waals surface area (Å²) in [5, 5.41) is 3.73. The topological polar surface area (TPSA) is 58.6 Å². The lowest BCUT2D eigenvalue weighted by molar-refractivity contribution is -0.128. The second-order valence-electron chi connectivity index (χ2n) is 9.73. The Morgan fingerprint density at radius 3 is 2.38 bits per heavy atom. The van der Waals surface area contributed by atoms with Gasteiger partial charge < -0.3 is 15.0 Å². The molecule has 2 amide bonds. The zero-order valence-electron chi connectivity index (χ0n) is 21.9. The average Bonchev–Trinajstić information content (AvgIpc) is 3.24. The maximum Gasteiger partial charge on any atom is 0.251 e. The quantitative estimate of drug-likeness (QED) is 0.335. The first-order valence-corrected chi connectivity index (χ1v) is 13.9. The first-order chi connectivity index (χ1) is 17.7. The minimum atomic E-state index is -0.159. The molecule has 1 N–H and O–H groups in total. The summed E-state index contributed by atoms with van der Waals surface area (Å²) in [6, 6.07) is 19.1. The molecular weight excluding hydrogens is 504 g/mol. The van der Waals surface area contributed by atoms with Gasteiger partial charge in [0.25, 0.3) is 5.91 Å². The van der Waals surface area contributed by atoms with Crippen molar-refractivity contribution >= 4 is 35.2 Å². The van der Waals surface area contributed by atoms with Crippen LogP contribution in [0.15, 0.2) is 60.7 Å². The third-order valence-corrected chi connectivity index (χ3v) is 8.25. The summed E-state index contributed by atoms with van der Waals surface area (Å²) in [6.07, 6.45) is 0. The molecule has 0 radical (unpaired) electrons. The molecule has 0 saturated carbocycles. The van der Waals surface area contributed by atoms with Gasteiger partial charge in [0.05, 0.1) is 18.9 Å². The van der Waals surface area contributed by atoms with E-state index in [1.165, 1.54) is 0 Å². The molecule has 1 aliphatic rings. The van der Waals surface area contributed by atoms with Crippen LogP contribution < -0.4 is 10.1 Å². The van der Waals surface area contributed by atoms with Gasteiger partial charge >= 0.3 is 0 Å². The number of methoxy groups -OCH3 is 1. The predicted molar refractivity (Wildman–Crippen MR) is 151 cm³/mol. The van der Waals surface area contributed by atoms with E-state index in [1.807, 2.05) is 73.3 Å². The third-order valence-electron chi connectivity index (χ3n) is 6.75. The number of benzene rings is 3. The Bertz CT molecular complexity index is 1280. The number of nitrogens with zero attached hydrogens (tertiary/aromatic N) is 1. The van der Waals surface area contributed by atoms with E-state index in [1.54, 1.807) is 18.9 Å². The monoisotopic (exact) mass is 536 g/mol. The number of nitrogens with one attached hydrogen (secondary N) is 1. The Labute approximate surface area is 228 Å². The van der Waals surface area contributed by atoms with Gasteiger partial charge in [0.2, 0.25) is 5.91 Å². The van der Waals surface area contributed by atoms with Gasteiger partial charge in [-0.3, -0.25) is 9.59 Å². The van der Waals surface area contributed by atoms with Gasteiger partial charge in [0, 0.05) is 17.1 Å². The van der Waals surface area contributed by atoms with Gasteiger partial charge in [-0.2, -0.15) is 0 Å². The summed E-state index contributed by atoms with van der Waals surface area (Å²) in [5.41, 5.74) is 5.90. The molecule has 4 rings (SSSR count). The molecule has 1 heterocycles. The summed E-state index contributed by atoms with van der Waals surface area (Å²) in [4.78, 5) is 27.6. The number of amides is 2. The number of carbonyl (C=O) groups excluding carboxylic acids is 2. The Kier molecular flexibility index (Phi) is 8.50. The van der Waals surface area contributed by atoms with E-state index < -0.39 is 0 Å². The van der Waals surface area contributed by atoms with Crippen LogP contribution in [-0.2, 0) is 11.3 Å². The molecule has 1 saturated heterocycles. The summed E-state index contributed by atoms with van der Waals surface area (Å²) >= 11 is 7.61. The second kappa shape index (κ2) is 11.6. The van der Waals surface area contributed by atoms with Gasteiger partial charge in [-0.1, -0.05) is 49.7 Å². The fourth-order valence-electron chi connectivity index (χ4n) is 4.65. The zero-order valence-corrected chi connectivity index (χ0v) is 23.5. The lowest BCUT2D eigenvalue weighted by atomic mass is 9.93. The molecule has 1 aliphatic heterocycles. The molecule has 0 aromatic heterocycles. The lowest BCUT2D eigenvalue weighted by Gasteiger charge is -2.24. The van der Waals surface area contributed by atoms with Crippen LogP contribution in [0.3, 0.4) is 0 Å². The molecule has 0 bridgehead atoms. The minimum Gasteiger partial charge on any atom is -0.496 e. The first-order valence-electron chi connectivity index (χ1n) is 12.4. The Balaban J connectivity index is 1.46. The predicted octanol–water partition coefficient (Wildman–Crippen LogP) is 7.05. The molecule has 5 nitrogen and oxygen atoms in total. The highest BCUT2D eigenvalue weighted by atomic mass is 35.5. The van der Waals surface area contributed by atoms with Crippen molar-refractivity contribution < 1.29 is 14.3 Å². The number of aryl methyl sites for hydroxylation is 1. The summed E-state index contributed by atoms with van der Waals surface area (Å²) in [7, 11) is 1.69. The van der Waals surface area contributed by atoms with E-state index in [9.17, 15) is 9.59 Å². The van der Waals surface area contributed by atoms with Gasteiger partial charge in [-0.25, -0.2) is 0 Å². The number of rotatable bonds is 8. The summed E-state index contributed by atoms with van der Waals surface area (Å²) in [5.74, 6) is 1.60. The van der Waals surface area contributed by atoms with E-state index in [4.69, 9.17) is 16.3 Å². The van der Waals surface area contributed by atoms with E-state index in [-0.39, 0.29) is 23.2 Å². The Hall–Kier alpha value is -2.96. The fourth-order valence-corrected chi connectivity index (χ4v) is 5.97. The molecule has 194 valence electrons. The van der Waals surface area contributed by atoms with Crippen LogP contribution in [0.4, 0.5) is 0 Å². The minimum absolute atomic E-state index is 0.0874. The molecular formula is C30H33ClN2O3S. The molecule has 0 unspecified atom stereocenters. The van der Waals surface area contributed by atoms with E-state index in [0.29, 0.717) is 28.8 Å². The zero-order chi connectivity index (χ0) is 26.7. The highest BCUT2D eigenvalue weighted by Crippen LogP contribution is 2.39. The number of hydrogen-bond acceptors (Lipinski definition) is 4. The molecule has 0 spiro atoms. The van der Waals surface area contributed by atoms with Crippen LogP contribution in [0, 0.1) is 6.92 Å². The van der Waals surface area contributed by atoms with Crippen LogP contribution in [-0.4, -0.2) is 29.6 Å². The van der Waals surface area contributed by atoms with Crippen molar-refractivity contribution in [1.82, 2.24) is 10.2 Å². The van der Waals surface area contributed by atoms with Gasteiger partial charge in [-0.05, 0) is 84.0 Å². The van der Waals surface area contributed by atoms with Crippen LogP contribution in [0.25, 0.3) is 0 Å². The smallest absolute Gasteiger partial charge is 0.251 e. The normalized spacial score (nSPS) is 16.2. The highest BCUT2D eigenvalue weighted by Gasteiger charge is 2.32. The van der Waals surface area contributed by atoms with Crippen molar-refractivity contribution in [2.45, 2.75) is 51.6 Å². The fraction of sp³-hybridized carbons (Fsp3) is 0.333. The number of carbonyl (C=O) groups is 2.